The van der Waals surface area contributed by atoms with Gasteiger partial charge < -0.3 is 5.11 Å². The number of aromatic nitrogens is 1. The van der Waals surface area contributed by atoms with E-state index in [2.05, 4.69) is 9.71 Å². The monoisotopic (exact) mass is 315 g/mol. The standard InChI is InChI=1S/C13H21N3O4S/c1-3-7-16(8-4-2)21(19,20)15-12-6-5-11(14-10-12)9-13(17)18/h5-6,10,15H,3-4,7-9H2,1-2H3,(H,17,18). The highest BCUT2D eigenvalue weighted by Crippen LogP contribution is 2.12. The van der Waals surface area contributed by atoms with Crippen LogP contribution in [0.2, 0.25) is 0 Å². The molecule has 1 aromatic rings. The number of rotatable bonds is 9. The number of carboxylic acids is 1. The summed E-state index contributed by atoms with van der Waals surface area (Å²) in [7, 11) is -3.61. The number of aliphatic carboxylic acids is 1. The highest BCUT2D eigenvalue weighted by molar-refractivity contribution is 7.90. The van der Waals surface area contributed by atoms with Crippen molar-refractivity contribution < 1.29 is 18.3 Å². The number of anilines is 1. The number of pyridine rings is 1. The first kappa shape index (κ1) is 17.4. The van der Waals surface area contributed by atoms with Crippen LogP contribution in [0.3, 0.4) is 0 Å². The number of carboxylic acid groups (broad SMARTS) is 1. The smallest absolute Gasteiger partial charge is 0.309 e. The SMILES string of the molecule is CCCN(CCC)S(=O)(=O)Nc1ccc(CC(=O)O)nc1. The van der Waals surface area contributed by atoms with Crippen LogP contribution in [0.5, 0.6) is 0 Å². The third-order valence-electron chi connectivity index (χ3n) is 2.69. The van der Waals surface area contributed by atoms with Gasteiger partial charge in [-0.15, -0.1) is 0 Å². The van der Waals surface area contributed by atoms with E-state index < -0.39 is 16.2 Å². The third kappa shape index (κ3) is 5.68. The summed E-state index contributed by atoms with van der Waals surface area (Å²) in [6.07, 6.45) is 2.60. The number of hydrogen-bond acceptors (Lipinski definition) is 4. The maximum Gasteiger partial charge on any atom is 0.309 e. The minimum Gasteiger partial charge on any atom is -0.481 e. The molecule has 2 N–H and O–H groups in total. The summed E-state index contributed by atoms with van der Waals surface area (Å²) in [6, 6.07) is 3.01. The number of hydrogen-bond donors (Lipinski definition) is 2. The molecule has 1 rings (SSSR count). The number of carbonyl (C=O) groups is 1. The Kier molecular flexibility index (Phi) is 6.57. The molecule has 0 aliphatic rings. The molecule has 0 aromatic carbocycles. The molecule has 0 saturated heterocycles. The van der Waals surface area contributed by atoms with E-state index in [-0.39, 0.29) is 6.42 Å². The lowest BCUT2D eigenvalue weighted by molar-refractivity contribution is -0.136. The van der Waals surface area contributed by atoms with E-state index in [1.54, 1.807) is 0 Å². The van der Waals surface area contributed by atoms with Crippen molar-refractivity contribution in [3.8, 4) is 0 Å². The third-order valence-corrected chi connectivity index (χ3v) is 4.23. The summed E-state index contributed by atoms with van der Waals surface area (Å²) in [5.41, 5.74) is 0.700. The average molecular weight is 315 g/mol. The van der Waals surface area contributed by atoms with Gasteiger partial charge >= 0.3 is 16.2 Å². The molecule has 0 amide bonds. The summed E-state index contributed by atoms with van der Waals surface area (Å²) < 4.78 is 28.3. The fourth-order valence-corrected chi connectivity index (χ4v) is 3.20. The van der Waals surface area contributed by atoms with Crippen LogP contribution in [0.15, 0.2) is 18.3 Å². The van der Waals surface area contributed by atoms with E-state index in [0.717, 1.165) is 12.8 Å². The van der Waals surface area contributed by atoms with Gasteiger partial charge in [-0.05, 0) is 25.0 Å². The van der Waals surface area contributed by atoms with Crippen LogP contribution in [0.25, 0.3) is 0 Å². The summed E-state index contributed by atoms with van der Waals surface area (Å²) in [5, 5.41) is 8.66. The fraction of sp³-hybridized carbons (Fsp3) is 0.538. The second-order valence-corrected chi connectivity index (χ2v) is 6.29. The molecule has 0 unspecified atom stereocenters. The molecule has 0 atom stereocenters. The Morgan fingerprint density at radius 2 is 1.90 bits per heavy atom. The summed E-state index contributed by atoms with van der Waals surface area (Å²) in [6.45, 7) is 4.74. The van der Waals surface area contributed by atoms with Crippen molar-refractivity contribution in [2.24, 2.45) is 0 Å². The zero-order valence-corrected chi connectivity index (χ0v) is 13.1. The van der Waals surface area contributed by atoms with Gasteiger partial charge in [0.2, 0.25) is 0 Å². The Labute approximate surface area is 125 Å². The number of nitrogens with zero attached hydrogens (tertiary/aromatic N) is 2. The van der Waals surface area contributed by atoms with Crippen molar-refractivity contribution in [3.05, 3.63) is 24.0 Å². The van der Waals surface area contributed by atoms with E-state index in [0.29, 0.717) is 24.5 Å². The molecule has 7 nitrogen and oxygen atoms in total. The largest absolute Gasteiger partial charge is 0.481 e. The van der Waals surface area contributed by atoms with E-state index in [1.807, 2.05) is 13.8 Å². The summed E-state index contributed by atoms with van der Waals surface area (Å²) in [4.78, 5) is 14.5. The molecule has 1 heterocycles. The second kappa shape index (κ2) is 7.94. The topological polar surface area (TPSA) is 99.6 Å². The predicted octanol–water partition coefficient (Wildman–Crippen LogP) is 1.49. The number of nitrogens with one attached hydrogen (secondary N) is 1. The van der Waals surface area contributed by atoms with Crippen molar-refractivity contribution in [2.75, 3.05) is 17.8 Å². The van der Waals surface area contributed by atoms with Gasteiger partial charge in [0.15, 0.2) is 0 Å². The van der Waals surface area contributed by atoms with E-state index in [9.17, 15) is 13.2 Å². The first-order valence-corrected chi connectivity index (χ1v) is 8.27. The van der Waals surface area contributed by atoms with Gasteiger partial charge in [0.25, 0.3) is 0 Å². The molecule has 8 heteroatoms. The van der Waals surface area contributed by atoms with Gasteiger partial charge in [-0.3, -0.25) is 14.5 Å². The van der Waals surface area contributed by atoms with Crippen LogP contribution in [0.1, 0.15) is 32.4 Å². The molecule has 0 bridgehead atoms. The highest BCUT2D eigenvalue weighted by atomic mass is 32.2. The van der Waals surface area contributed by atoms with Crippen molar-refractivity contribution in [1.29, 1.82) is 0 Å². The minimum atomic E-state index is -3.61. The van der Waals surface area contributed by atoms with Gasteiger partial charge in [-0.25, -0.2) is 0 Å². The Morgan fingerprint density at radius 3 is 2.33 bits per heavy atom. The Balaban J connectivity index is 2.80. The molecule has 21 heavy (non-hydrogen) atoms. The zero-order valence-electron chi connectivity index (χ0n) is 12.2. The molecule has 0 spiro atoms. The lowest BCUT2D eigenvalue weighted by atomic mass is 10.3. The van der Waals surface area contributed by atoms with Crippen LogP contribution in [-0.4, -0.2) is 41.9 Å². The van der Waals surface area contributed by atoms with Gasteiger partial charge in [0, 0.05) is 13.1 Å². The maximum absolute atomic E-state index is 12.2. The Bertz CT molecular complexity index is 551. The minimum absolute atomic E-state index is 0.190. The quantitative estimate of drug-likeness (QED) is 0.719. The van der Waals surface area contributed by atoms with Gasteiger partial charge in [-0.1, -0.05) is 13.8 Å². The summed E-state index contributed by atoms with van der Waals surface area (Å²) in [5.74, 6) is -0.979. The Morgan fingerprint density at radius 1 is 1.29 bits per heavy atom. The molecule has 0 saturated carbocycles. The van der Waals surface area contributed by atoms with E-state index >= 15 is 0 Å². The zero-order chi connectivity index (χ0) is 15.9. The van der Waals surface area contributed by atoms with Gasteiger partial charge in [-0.2, -0.15) is 12.7 Å². The lowest BCUT2D eigenvalue weighted by Crippen LogP contribution is -2.37. The van der Waals surface area contributed by atoms with Crippen molar-refractivity contribution in [3.63, 3.8) is 0 Å². The average Bonchev–Trinajstić information content (AvgIpc) is 2.40. The molecule has 0 aliphatic heterocycles. The van der Waals surface area contributed by atoms with Crippen molar-refractivity contribution in [1.82, 2.24) is 9.29 Å². The molecular formula is C13H21N3O4S. The van der Waals surface area contributed by atoms with Crippen LogP contribution in [0, 0.1) is 0 Å². The van der Waals surface area contributed by atoms with Crippen LogP contribution in [0.4, 0.5) is 5.69 Å². The highest BCUT2D eigenvalue weighted by Gasteiger charge is 2.20. The van der Waals surface area contributed by atoms with Gasteiger partial charge in [0.05, 0.1) is 24.0 Å². The maximum atomic E-state index is 12.2. The van der Waals surface area contributed by atoms with Crippen LogP contribution >= 0.6 is 0 Å². The first-order valence-electron chi connectivity index (χ1n) is 6.83. The Hall–Kier alpha value is -1.67. The summed E-state index contributed by atoms with van der Waals surface area (Å²) >= 11 is 0. The van der Waals surface area contributed by atoms with E-state index in [1.165, 1.54) is 22.6 Å². The first-order chi connectivity index (χ1) is 9.89. The molecule has 0 radical (unpaired) electrons. The normalized spacial score (nSPS) is 11.6. The van der Waals surface area contributed by atoms with Crippen molar-refractivity contribution in [2.45, 2.75) is 33.1 Å². The molecule has 1 aromatic heterocycles. The molecular weight excluding hydrogens is 294 g/mol. The van der Waals surface area contributed by atoms with E-state index in [4.69, 9.17) is 5.11 Å². The molecule has 0 fully saturated rings. The lowest BCUT2D eigenvalue weighted by Gasteiger charge is -2.21. The van der Waals surface area contributed by atoms with Crippen LogP contribution in [-0.2, 0) is 21.4 Å². The predicted molar refractivity (Wildman–Crippen MR) is 80.3 cm³/mol. The second-order valence-electron chi connectivity index (χ2n) is 4.61. The van der Waals surface area contributed by atoms with Crippen molar-refractivity contribution >= 4 is 21.9 Å². The van der Waals surface area contributed by atoms with Gasteiger partial charge in [0.1, 0.15) is 0 Å². The fourth-order valence-electron chi connectivity index (χ4n) is 1.81. The molecule has 118 valence electrons. The molecule has 0 aliphatic carbocycles. The van der Waals surface area contributed by atoms with Crippen LogP contribution < -0.4 is 4.72 Å².